The first-order chi connectivity index (χ1) is 13.9. The van der Waals surface area contributed by atoms with E-state index in [0.717, 1.165) is 18.8 Å². The SMILES string of the molecule is COc1nc2cc(N3CCOCC3)ccc2n1C(=O)NCCC1CC1C(F)(F)F. The van der Waals surface area contributed by atoms with E-state index in [4.69, 9.17) is 9.47 Å². The number of hydrogen-bond donors (Lipinski definition) is 1. The number of morpholine rings is 1. The number of amides is 1. The Kier molecular flexibility index (Phi) is 5.28. The van der Waals surface area contributed by atoms with Crippen LogP contribution in [0.5, 0.6) is 6.01 Å². The van der Waals surface area contributed by atoms with Gasteiger partial charge in [-0.15, -0.1) is 0 Å². The summed E-state index contributed by atoms with van der Waals surface area (Å²) in [6.45, 7) is 3.06. The van der Waals surface area contributed by atoms with Gasteiger partial charge in [-0.3, -0.25) is 0 Å². The van der Waals surface area contributed by atoms with Gasteiger partial charge in [0.15, 0.2) is 0 Å². The van der Waals surface area contributed by atoms with Crippen LogP contribution in [-0.2, 0) is 4.74 Å². The fourth-order valence-corrected chi connectivity index (χ4v) is 3.81. The van der Waals surface area contributed by atoms with Gasteiger partial charge < -0.3 is 19.7 Å². The van der Waals surface area contributed by atoms with E-state index < -0.39 is 24.0 Å². The van der Waals surface area contributed by atoms with Gasteiger partial charge in [-0.2, -0.15) is 18.2 Å². The molecule has 0 spiro atoms. The Morgan fingerprint density at radius 3 is 2.76 bits per heavy atom. The number of alkyl halides is 3. The normalized spacial score (nSPS) is 22.0. The standard InChI is InChI=1S/C19H23F3N4O3/c1-28-18-24-15-11-13(25-6-8-29-9-7-25)2-3-16(15)26(18)17(27)23-5-4-12-10-14(12)19(20,21)22/h2-3,11-12,14H,4-10H2,1H3,(H,23,27). The first kappa shape index (κ1) is 19.8. The van der Waals surface area contributed by atoms with Crippen molar-refractivity contribution in [1.82, 2.24) is 14.9 Å². The first-order valence-corrected chi connectivity index (χ1v) is 9.62. The number of fused-ring (bicyclic) bond motifs is 1. The summed E-state index contributed by atoms with van der Waals surface area (Å²) in [6.07, 6.45) is -3.70. The second kappa shape index (κ2) is 7.74. The largest absolute Gasteiger partial charge is 0.468 e. The van der Waals surface area contributed by atoms with Gasteiger partial charge >= 0.3 is 18.2 Å². The van der Waals surface area contributed by atoms with Crippen LogP contribution in [0, 0.1) is 11.8 Å². The van der Waals surface area contributed by atoms with E-state index in [1.165, 1.54) is 11.7 Å². The van der Waals surface area contributed by atoms with Crippen molar-refractivity contribution in [2.75, 3.05) is 44.9 Å². The van der Waals surface area contributed by atoms with E-state index in [9.17, 15) is 18.0 Å². The summed E-state index contributed by atoms with van der Waals surface area (Å²) >= 11 is 0. The third kappa shape index (κ3) is 4.12. The van der Waals surface area contributed by atoms with E-state index in [2.05, 4.69) is 15.2 Å². The monoisotopic (exact) mass is 412 g/mol. The van der Waals surface area contributed by atoms with Gasteiger partial charge in [0, 0.05) is 25.3 Å². The number of anilines is 1. The number of hydrogen-bond acceptors (Lipinski definition) is 5. The molecule has 158 valence electrons. The van der Waals surface area contributed by atoms with Crippen LogP contribution in [-0.4, -0.2) is 61.7 Å². The van der Waals surface area contributed by atoms with Crippen molar-refractivity contribution in [1.29, 1.82) is 0 Å². The van der Waals surface area contributed by atoms with Gasteiger partial charge in [0.1, 0.15) is 0 Å². The highest BCUT2D eigenvalue weighted by Crippen LogP contribution is 2.51. The molecule has 1 amide bonds. The first-order valence-electron chi connectivity index (χ1n) is 9.62. The maximum absolute atomic E-state index is 12.6. The fraction of sp³-hybridized carbons (Fsp3) is 0.579. The smallest absolute Gasteiger partial charge is 0.392 e. The third-order valence-corrected chi connectivity index (χ3v) is 5.50. The van der Waals surface area contributed by atoms with Crippen LogP contribution in [0.2, 0.25) is 0 Å². The summed E-state index contributed by atoms with van der Waals surface area (Å²) in [4.78, 5) is 19.2. The lowest BCUT2D eigenvalue weighted by Gasteiger charge is -2.28. The molecule has 1 saturated carbocycles. The zero-order valence-corrected chi connectivity index (χ0v) is 16.0. The van der Waals surface area contributed by atoms with Crippen LogP contribution in [0.1, 0.15) is 12.8 Å². The van der Waals surface area contributed by atoms with Gasteiger partial charge in [0.25, 0.3) is 0 Å². The topological polar surface area (TPSA) is 68.6 Å². The predicted octanol–water partition coefficient (Wildman–Crippen LogP) is 3.03. The molecule has 2 atom stereocenters. The van der Waals surface area contributed by atoms with Gasteiger partial charge in [-0.25, -0.2) is 9.36 Å². The van der Waals surface area contributed by atoms with Crippen molar-refractivity contribution in [3.63, 3.8) is 0 Å². The maximum Gasteiger partial charge on any atom is 0.392 e. The van der Waals surface area contributed by atoms with E-state index in [1.54, 1.807) is 6.07 Å². The van der Waals surface area contributed by atoms with Crippen molar-refractivity contribution >= 4 is 22.8 Å². The molecule has 29 heavy (non-hydrogen) atoms. The lowest BCUT2D eigenvalue weighted by atomic mass is 10.2. The second-order valence-corrected chi connectivity index (χ2v) is 7.37. The molecule has 10 heteroatoms. The molecule has 1 aliphatic carbocycles. The average molecular weight is 412 g/mol. The molecule has 2 heterocycles. The number of benzene rings is 1. The zero-order chi connectivity index (χ0) is 20.6. The molecule has 2 aliphatic rings. The van der Waals surface area contributed by atoms with Gasteiger partial charge in [0.05, 0.1) is 37.3 Å². The third-order valence-electron chi connectivity index (χ3n) is 5.50. The number of aromatic nitrogens is 2. The molecule has 1 N–H and O–H groups in total. The van der Waals surface area contributed by atoms with Crippen LogP contribution >= 0.6 is 0 Å². The summed E-state index contributed by atoms with van der Waals surface area (Å²) in [5.41, 5.74) is 2.18. The van der Waals surface area contributed by atoms with Crippen molar-refractivity contribution in [3.8, 4) is 6.01 Å². The molecule has 2 unspecified atom stereocenters. The Morgan fingerprint density at radius 1 is 1.34 bits per heavy atom. The van der Waals surface area contributed by atoms with Crippen molar-refractivity contribution in [3.05, 3.63) is 18.2 Å². The van der Waals surface area contributed by atoms with Gasteiger partial charge in [0.2, 0.25) is 0 Å². The molecule has 2 aromatic rings. The molecule has 1 aromatic carbocycles. The average Bonchev–Trinajstić information content (AvgIpc) is 3.40. The number of imidazole rings is 1. The molecule has 1 aliphatic heterocycles. The quantitative estimate of drug-likeness (QED) is 0.818. The molecule has 4 rings (SSSR count). The minimum absolute atomic E-state index is 0.135. The second-order valence-electron chi connectivity index (χ2n) is 7.37. The molecule has 7 nitrogen and oxygen atoms in total. The Hall–Kier alpha value is -2.49. The van der Waals surface area contributed by atoms with Crippen LogP contribution < -0.4 is 15.0 Å². The van der Waals surface area contributed by atoms with Crippen LogP contribution in [0.4, 0.5) is 23.7 Å². The van der Waals surface area contributed by atoms with Crippen molar-refractivity contribution in [2.24, 2.45) is 11.8 Å². The van der Waals surface area contributed by atoms with Gasteiger partial charge in [-0.05, 0) is 37.0 Å². The Labute approximate surface area is 165 Å². The minimum atomic E-state index is -4.14. The number of nitrogens with one attached hydrogen (secondary N) is 1. The molecule has 2 fully saturated rings. The summed E-state index contributed by atoms with van der Waals surface area (Å²) < 4.78 is 49.8. The summed E-state index contributed by atoms with van der Waals surface area (Å²) in [5, 5.41) is 2.68. The number of nitrogens with zero attached hydrogens (tertiary/aromatic N) is 3. The number of carbonyl (C=O) groups excluding carboxylic acids is 1. The number of rotatable bonds is 5. The van der Waals surface area contributed by atoms with E-state index >= 15 is 0 Å². The molecule has 0 bridgehead atoms. The number of methoxy groups -OCH3 is 1. The zero-order valence-electron chi connectivity index (χ0n) is 16.0. The molecule has 0 radical (unpaired) electrons. The van der Waals surface area contributed by atoms with E-state index in [-0.39, 0.29) is 19.0 Å². The van der Waals surface area contributed by atoms with Crippen molar-refractivity contribution in [2.45, 2.75) is 19.0 Å². The molecular formula is C19H23F3N4O3. The highest BCUT2D eigenvalue weighted by Gasteiger charge is 2.54. The van der Waals surface area contributed by atoms with E-state index in [0.29, 0.717) is 30.7 Å². The molecule has 1 aromatic heterocycles. The molecular weight excluding hydrogens is 389 g/mol. The number of carbonyl (C=O) groups is 1. The number of ether oxygens (including phenoxy) is 2. The number of halogens is 3. The van der Waals surface area contributed by atoms with Crippen LogP contribution in [0.3, 0.4) is 0 Å². The highest BCUT2D eigenvalue weighted by molar-refractivity contribution is 5.92. The van der Waals surface area contributed by atoms with Crippen LogP contribution in [0.25, 0.3) is 11.0 Å². The minimum Gasteiger partial charge on any atom is -0.468 e. The lowest BCUT2D eigenvalue weighted by Crippen LogP contribution is -2.36. The Balaban J connectivity index is 1.45. The summed E-state index contributed by atoms with van der Waals surface area (Å²) in [5.74, 6) is -1.64. The van der Waals surface area contributed by atoms with Crippen LogP contribution in [0.15, 0.2) is 18.2 Å². The Morgan fingerprint density at radius 2 is 2.10 bits per heavy atom. The molecule has 1 saturated heterocycles. The Bertz CT molecular complexity index is 893. The highest BCUT2D eigenvalue weighted by atomic mass is 19.4. The van der Waals surface area contributed by atoms with E-state index in [1.807, 2.05) is 12.1 Å². The summed E-state index contributed by atoms with van der Waals surface area (Å²) in [7, 11) is 1.42. The maximum atomic E-state index is 12.6. The predicted molar refractivity (Wildman–Crippen MR) is 100 cm³/mol. The fourth-order valence-electron chi connectivity index (χ4n) is 3.81. The van der Waals surface area contributed by atoms with Gasteiger partial charge in [-0.1, -0.05) is 0 Å². The summed E-state index contributed by atoms with van der Waals surface area (Å²) in [6, 6.07) is 5.28. The van der Waals surface area contributed by atoms with Crippen molar-refractivity contribution < 1.29 is 27.4 Å². The lowest BCUT2D eigenvalue weighted by molar-refractivity contribution is -0.151.